The van der Waals surface area contributed by atoms with E-state index in [1.807, 2.05) is 12.1 Å². The van der Waals surface area contributed by atoms with Gasteiger partial charge in [0.1, 0.15) is 5.75 Å². The van der Waals surface area contributed by atoms with Gasteiger partial charge in [-0.3, -0.25) is 0 Å². The molecule has 0 bridgehead atoms. The van der Waals surface area contributed by atoms with Crippen molar-refractivity contribution in [1.82, 2.24) is 4.90 Å². The minimum Gasteiger partial charge on any atom is -0.496 e. The van der Waals surface area contributed by atoms with Gasteiger partial charge >= 0.3 is 0 Å². The normalized spacial score (nSPS) is 18.2. The van der Waals surface area contributed by atoms with Gasteiger partial charge in [0.2, 0.25) is 0 Å². The summed E-state index contributed by atoms with van der Waals surface area (Å²) in [5.41, 5.74) is 1.68. The first-order valence-corrected chi connectivity index (χ1v) is 8.24. The van der Waals surface area contributed by atoms with Gasteiger partial charge in [0, 0.05) is 18.7 Å². The molecule has 1 aliphatic carbocycles. The third-order valence-electron chi connectivity index (χ3n) is 4.49. The van der Waals surface area contributed by atoms with Crippen LogP contribution in [0.15, 0.2) is 24.3 Å². The van der Waals surface area contributed by atoms with Crippen molar-refractivity contribution in [3.8, 4) is 5.75 Å². The molecule has 0 saturated heterocycles. The summed E-state index contributed by atoms with van der Waals surface area (Å²) in [6, 6.07) is 8.31. The Kier molecular flexibility index (Phi) is 5.79. The van der Waals surface area contributed by atoms with Crippen LogP contribution in [0.1, 0.15) is 37.7 Å². The smallest absolute Gasteiger partial charge is 0.123 e. The molecule has 0 N–H and O–H groups in total. The highest BCUT2D eigenvalue weighted by Crippen LogP contribution is 2.38. The summed E-state index contributed by atoms with van der Waals surface area (Å²) in [5.74, 6) is 1.99. The number of hydrogen-bond donors (Lipinski definition) is 1. The van der Waals surface area contributed by atoms with Gasteiger partial charge in [-0.15, -0.1) is 0 Å². The Morgan fingerprint density at radius 3 is 2.55 bits per heavy atom. The van der Waals surface area contributed by atoms with Crippen LogP contribution in [0.5, 0.6) is 5.75 Å². The van der Waals surface area contributed by atoms with Crippen molar-refractivity contribution in [1.29, 1.82) is 0 Å². The van der Waals surface area contributed by atoms with Crippen molar-refractivity contribution in [2.24, 2.45) is 5.41 Å². The minimum atomic E-state index is 0.415. The Balaban J connectivity index is 1.99. The van der Waals surface area contributed by atoms with Crippen molar-refractivity contribution in [3.05, 3.63) is 29.8 Å². The molecule has 0 atom stereocenters. The summed E-state index contributed by atoms with van der Waals surface area (Å²) in [6.07, 6.45) is 6.78. The second-order valence-electron chi connectivity index (χ2n) is 6.20. The molecule has 1 aromatic carbocycles. The number of thiol groups is 1. The van der Waals surface area contributed by atoms with E-state index in [1.165, 1.54) is 37.7 Å². The molecule has 0 radical (unpaired) electrons. The number of ether oxygens (including phenoxy) is 1. The molecule has 3 heteroatoms. The molecule has 1 aromatic rings. The van der Waals surface area contributed by atoms with Gasteiger partial charge < -0.3 is 9.64 Å². The van der Waals surface area contributed by atoms with Crippen LogP contribution in [0.3, 0.4) is 0 Å². The molecular weight excluding hydrogens is 266 g/mol. The number of hydrogen-bond acceptors (Lipinski definition) is 3. The molecule has 2 nitrogen and oxygen atoms in total. The molecule has 1 fully saturated rings. The van der Waals surface area contributed by atoms with E-state index in [0.717, 1.165) is 24.6 Å². The fraction of sp³-hybridized carbons (Fsp3) is 0.647. The highest BCUT2D eigenvalue weighted by atomic mass is 32.1. The van der Waals surface area contributed by atoms with Crippen LogP contribution in [0.4, 0.5) is 0 Å². The van der Waals surface area contributed by atoms with Crippen LogP contribution in [-0.4, -0.2) is 31.4 Å². The Labute approximate surface area is 128 Å². The largest absolute Gasteiger partial charge is 0.496 e. The molecule has 0 amide bonds. The molecule has 0 unspecified atom stereocenters. The highest BCUT2D eigenvalue weighted by Gasteiger charge is 2.31. The van der Waals surface area contributed by atoms with Crippen molar-refractivity contribution in [3.63, 3.8) is 0 Å². The van der Waals surface area contributed by atoms with E-state index in [4.69, 9.17) is 4.74 Å². The molecule has 20 heavy (non-hydrogen) atoms. The van der Waals surface area contributed by atoms with E-state index in [0.29, 0.717) is 5.41 Å². The standard InChI is InChI=1S/C17H27NOS/c1-18(12-15-8-4-5-9-16(15)19-2)13-17(14-20)10-6-3-7-11-17/h4-5,8-9,20H,3,6-7,10-14H2,1-2H3. The third kappa shape index (κ3) is 3.92. The molecule has 0 spiro atoms. The van der Waals surface area contributed by atoms with E-state index >= 15 is 0 Å². The fourth-order valence-corrected chi connectivity index (χ4v) is 3.84. The zero-order valence-electron chi connectivity index (χ0n) is 12.8. The minimum absolute atomic E-state index is 0.415. The van der Waals surface area contributed by atoms with Crippen LogP contribution >= 0.6 is 12.6 Å². The molecule has 1 saturated carbocycles. The van der Waals surface area contributed by atoms with Gasteiger partial charge in [-0.05, 0) is 37.1 Å². The average molecular weight is 293 g/mol. The topological polar surface area (TPSA) is 12.5 Å². The van der Waals surface area contributed by atoms with Crippen molar-refractivity contribution in [2.45, 2.75) is 38.6 Å². The summed E-state index contributed by atoms with van der Waals surface area (Å²) in [4.78, 5) is 2.43. The first-order chi connectivity index (χ1) is 9.69. The van der Waals surface area contributed by atoms with E-state index in [9.17, 15) is 0 Å². The zero-order chi connectivity index (χ0) is 14.4. The Bertz CT molecular complexity index is 415. The van der Waals surface area contributed by atoms with E-state index < -0.39 is 0 Å². The molecule has 0 heterocycles. The van der Waals surface area contributed by atoms with Crippen LogP contribution in [0, 0.1) is 5.41 Å². The molecule has 1 aliphatic rings. The lowest BCUT2D eigenvalue weighted by molar-refractivity contribution is 0.140. The number of para-hydroxylation sites is 1. The summed E-state index contributed by atoms with van der Waals surface area (Å²) < 4.78 is 5.45. The van der Waals surface area contributed by atoms with Crippen molar-refractivity contribution >= 4 is 12.6 Å². The van der Waals surface area contributed by atoms with E-state index in [1.54, 1.807) is 7.11 Å². The monoisotopic (exact) mass is 293 g/mol. The van der Waals surface area contributed by atoms with E-state index in [2.05, 4.69) is 36.7 Å². The van der Waals surface area contributed by atoms with Gasteiger partial charge in [-0.1, -0.05) is 37.5 Å². The summed E-state index contributed by atoms with van der Waals surface area (Å²) in [7, 11) is 3.96. The maximum atomic E-state index is 5.45. The predicted octanol–water partition coefficient (Wildman–Crippen LogP) is 4.01. The molecule has 0 aromatic heterocycles. The van der Waals surface area contributed by atoms with Crippen LogP contribution in [0.25, 0.3) is 0 Å². The number of benzene rings is 1. The maximum Gasteiger partial charge on any atom is 0.123 e. The van der Waals surface area contributed by atoms with Gasteiger partial charge in [0.25, 0.3) is 0 Å². The lowest BCUT2D eigenvalue weighted by Crippen LogP contribution is -2.38. The lowest BCUT2D eigenvalue weighted by atomic mass is 9.75. The Morgan fingerprint density at radius 1 is 1.20 bits per heavy atom. The third-order valence-corrected chi connectivity index (χ3v) is 5.16. The second kappa shape index (κ2) is 7.37. The average Bonchev–Trinajstić information content (AvgIpc) is 2.48. The first-order valence-electron chi connectivity index (χ1n) is 7.60. The quantitative estimate of drug-likeness (QED) is 0.796. The molecule has 112 valence electrons. The highest BCUT2D eigenvalue weighted by molar-refractivity contribution is 7.80. The van der Waals surface area contributed by atoms with Crippen molar-refractivity contribution in [2.75, 3.05) is 26.5 Å². The second-order valence-corrected chi connectivity index (χ2v) is 6.52. The zero-order valence-corrected chi connectivity index (χ0v) is 13.7. The van der Waals surface area contributed by atoms with Crippen LogP contribution in [0.2, 0.25) is 0 Å². The van der Waals surface area contributed by atoms with Crippen LogP contribution in [-0.2, 0) is 6.54 Å². The lowest BCUT2D eigenvalue weighted by Gasteiger charge is -2.39. The molecular formula is C17H27NOS. The summed E-state index contributed by atoms with van der Waals surface area (Å²) in [6.45, 7) is 2.08. The van der Waals surface area contributed by atoms with Gasteiger partial charge in [-0.25, -0.2) is 0 Å². The number of rotatable bonds is 6. The molecule has 2 rings (SSSR count). The van der Waals surface area contributed by atoms with E-state index in [-0.39, 0.29) is 0 Å². The van der Waals surface area contributed by atoms with Gasteiger partial charge in [0.05, 0.1) is 7.11 Å². The maximum absolute atomic E-state index is 5.45. The first kappa shape index (κ1) is 15.7. The fourth-order valence-electron chi connectivity index (χ4n) is 3.42. The van der Waals surface area contributed by atoms with Gasteiger partial charge in [0.15, 0.2) is 0 Å². The number of nitrogens with zero attached hydrogens (tertiary/aromatic N) is 1. The molecule has 0 aliphatic heterocycles. The van der Waals surface area contributed by atoms with Gasteiger partial charge in [-0.2, -0.15) is 12.6 Å². The van der Waals surface area contributed by atoms with Crippen LogP contribution < -0.4 is 4.74 Å². The van der Waals surface area contributed by atoms with Crippen molar-refractivity contribution < 1.29 is 4.74 Å². The predicted molar refractivity (Wildman–Crippen MR) is 88.7 cm³/mol. The summed E-state index contributed by atoms with van der Waals surface area (Å²) >= 11 is 4.64. The Morgan fingerprint density at radius 2 is 1.90 bits per heavy atom. The Hall–Kier alpha value is -0.670. The summed E-state index contributed by atoms with van der Waals surface area (Å²) in [5, 5.41) is 0. The SMILES string of the molecule is COc1ccccc1CN(C)CC1(CS)CCCCC1. The number of methoxy groups -OCH3 is 1.